The summed E-state index contributed by atoms with van der Waals surface area (Å²) in [5.41, 5.74) is 2.84. The Kier molecular flexibility index (Phi) is 7.67. The normalized spacial score (nSPS) is 14.6. The van der Waals surface area contributed by atoms with Gasteiger partial charge in [-0.1, -0.05) is 26.0 Å². The SMILES string of the molecule is CCOC(=O)COc1c(Br)cc(/C=C2/N=C(c3ccc(C(C)C)cc3)OC2=O)cc1Br. The summed E-state index contributed by atoms with van der Waals surface area (Å²) in [6, 6.07) is 11.3. The molecule has 0 aromatic heterocycles. The first-order valence-electron chi connectivity index (χ1n) is 9.68. The van der Waals surface area contributed by atoms with Gasteiger partial charge >= 0.3 is 11.9 Å². The van der Waals surface area contributed by atoms with Gasteiger partial charge in [-0.3, -0.25) is 0 Å². The molecule has 1 heterocycles. The van der Waals surface area contributed by atoms with Crippen molar-refractivity contribution < 1.29 is 23.8 Å². The topological polar surface area (TPSA) is 74.2 Å². The van der Waals surface area contributed by atoms with Crippen LogP contribution in [-0.4, -0.2) is 31.1 Å². The van der Waals surface area contributed by atoms with Crippen molar-refractivity contribution in [2.75, 3.05) is 13.2 Å². The molecule has 6 nitrogen and oxygen atoms in total. The third kappa shape index (κ3) is 5.83. The lowest BCUT2D eigenvalue weighted by molar-refractivity contribution is -0.145. The molecule has 8 heteroatoms. The molecular weight excluding hydrogens is 530 g/mol. The standard InChI is InChI=1S/C23H21Br2NO5/c1-4-29-20(27)12-30-21-17(24)9-14(10-18(21)25)11-19-23(28)31-22(26-19)16-7-5-15(6-8-16)13(2)3/h5-11,13H,4,12H2,1-3H3/b19-11+. The lowest BCUT2D eigenvalue weighted by Crippen LogP contribution is -2.15. The Morgan fingerprint density at radius 1 is 1.16 bits per heavy atom. The van der Waals surface area contributed by atoms with Crippen molar-refractivity contribution in [3.63, 3.8) is 0 Å². The van der Waals surface area contributed by atoms with E-state index in [0.29, 0.717) is 26.2 Å². The van der Waals surface area contributed by atoms with E-state index < -0.39 is 11.9 Å². The molecule has 0 radical (unpaired) electrons. The number of hydrogen-bond acceptors (Lipinski definition) is 6. The van der Waals surface area contributed by atoms with Gasteiger partial charge in [-0.25, -0.2) is 14.6 Å². The number of nitrogens with zero attached hydrogens (tertiary/aromatic N) is 1. The Balaban J connectivity index is 1.80. The number of hydrogen-bond donors (Lipinski definition) is 0. The number of halogens is 2. The van der Waals surface area contributed by atoms with E-state index in [1.54, 1.807) is 25.1 Å². The van der Waals surface area contributed by atoms with Crippen LogP contribution < -0.4 is 4.74 Å². The molecule has 3 rings (SSSR count). The monoisotopic (exact) mass is 549 g/mol. The summed E-state index contributed by atoms with van der Waals surface area (Å²) < 4.78 is 16.9. The number of rotatable bonds is 7. The van der Waals surface area contributed by atoms with Gasteiger partial charge in [0.25, 0.3) is 0 Å². The summed E-state index contributed by atoms with van der Waals surface area (Å²) in [4.78, 5) is 28.2. The Morgan fingerprint density at radius 3 is 2.39 bits per heavy atom. The maximum absolute atomic E-state index is 12.3. The maximum Gasteiger partial charge on any atom is 0.363 e. The van der Waals surface area contributed by atoms with Crippen LogP contribution in [-0.2, 0) is 19.1 Å². The summed E-state index contributed by atoms with van der Waals surface area (Å²) in [6.45, 7) is 6.05. The maximum atomic E-state index is 12.3. The lowest BCUT2D eigenvalue weighted by atomic mass is 10.0. The van der Waals surface area contributed by atoms with E-state index >= 15 is 0 Å². The van der Waals surface area contributed by atoms with Crippen LogP contribution in [0, 0.1) is 0 Å². The minimum atomic E-state index is -0.516. The van der Waals surface area contributed by atoms with Crippen LogP contribution in [0.25, 0.3) is 6.08 Å². The number of carbonyl (C=O) groups excluding carboxylic acids is 2. The summed E-state index contributed by atoms with van der Waals surface area (Å²) in [5, 5.41) is 0. The minimum absolute atomic E-state index is 0.196. The Morgan fingerprint density at radius 2 is 1.81 bits per heavy atom. The molecule has 0 saturated carbocycles. The molecular formula is C23H21Br2NO5. The summed E-state index contributed by atoms with van der Waals surface area (Å²) >= 11 is 6.86. The van der Waals surface area contributed by atoms with Crippen molar-refractivity contribution in [2.24, 2.45) is 4.99 Å². The van der Waals surface area contributed by atoms with Gasteiger partial charge in [0.1, 0.15) is 5.75 Å². The molecule has 0 unspecified atom stereocenters. The highest BCUT2D eigenvalue weighted by molar-refractivity contribution is 9.11. The first-order valence-corrected chi connectivity index (χ1v) is 11.3. The van der Waals surface area contributed by atoms with Crippen LogP contribution in [0.1, 0.15) is 43.4 Å². The second kappa shape index (κ2) is 10.2. The van der Waals surface area contributed by atoms with Crippen LogP contribution in [0.15, 0.2) is 56.0 Å². The molecule has 1 aliphatic rings. The molecule has 2 aromatic rings. The third-order valence-corrected chi connectivity index (χ3v) is 5.59. The van der Waals surface area contributed by atoms with Crippen molar-refractivity contribution in [1.29, 1.82) is 0 Å². The Hall–Kier alpha value is -2.45. The third-order valence-electron chi connectivity index (χ3n) is 4.41. The number of ether oxygens (including phenoxy) is 3. The molecule has 0 bridgehead atoms. The molecule has 31 heavy (non-hydrogen) atoms. The number of aliphatic imine (C=N–C) groups is 1. The highest BCUT2D eigenvalue weighted by Crippen LogP contribution is 2.36. The van der Waals surface area contributed by atoms with Gasteiger partial charge in [-0.15, -0.1) is 0 Å². The van der Waals surface area contributed by atoms with Crippen LogP contribution >= 0.6 is 31.9 Å². The average molecular weight is 551 g/mol. The van der Waals surface area contributed by atoms with Crippen molar-refractivity contribution in [2.45, 2.75) is 26.7 Å². The van der Waals surface area contributed by atoms with Gasteiger partial charge in [0, 0.05) is 5.56 Å². The van der Waals surface area contributed by atoms with E-state index in [-0.39, 0.29) is 24.8 Å². The van der Waals surface area contributed by atoms with Gasteiger partial charge in [0.05, 0.1) is 15.6 Å². The fourth-order valence-corrected chi connectivity index (χ4v) is 4.29. The molecule has 1 aliphatic heterocycles. The first-order chi connectivity index (χ1) is 14.8. The summed E-state index contributed by atoms with van der Waals surface area (Å²) in [5.74, 6) is 0.179. The van der Waals surface area contributed by atoms with Gasteiger partial charge < -0.3 is 14.2 Å². The van der Waals surface area contributed by atoms with Crippen LogP contribution in [0.4, 0.5) is 0 Å². The summed E-state index contributed by atoms with van der Waals surface area (Å²) in [7, 11) is 0. The fourth-order valence-electron chi connectivity index (χ4n) is 2.84. The van der Waals surface area contributed by atoms with Crippen LogP contribution in [0.2, 0.25) is 0 Å². The molecule has 2 aromatic carbocycles. The first kappa shape index (κ1) is 23.2. The van der Waals surface area contributed by atoms with E-state index in [2.05, 4.69) is 50.7 Å². The van der Waals surface area contributed by atoms with Crippen molar-refractivity contribution in [3.8, 4) is 5.75 Å². The molecule has 0 aliphatic carbocycles. The molecule has 0 N–H and O–H groups in total. The second-order valence-electron chi connectivity index (χ2n) is 7.02. The van der Waals surface area contributed by atoms with E-state index in [4.69, 9.17) is 14.2 Å². The average Bonchev–Trinajstić information content (AvgIpc) is 3.08. The van der Waals surface area contributed by atoms with Crippen molar-refractivity contribution in [1.82, 2.24) is 0 Å². The van der Waals surface area contributed by atoms with E-state index in [9.17, 15) is 9.59 Å². The molecule has 0 spiro atoms. The zero-order valence-corrected chi connectivity index (χ0v) is 20.4. The van der Waals surface area contributed by atoms with Gasteiger partial charge in [0.15, 0.2) is 12.3 Å². The molecule has 162 valence electrons. The number of carbonyl (C=O) groups is 2. The van der Waals surface area contributed by atoms with E-state index in [1.165, 1.54) is 5.56 Å². The minimum Gasteiger partial charge on any atom is -0.480 e. The number of esters is 2. The lowest BCUT2D eigenvalue weighted by Gasteiger charge is -2.10. The molecule has 0 fully saturated rings. The number of cyclic esters (lactones) is 1. The predicted molar refractivity (Wildman–Crippen MR) is 125 cm³/mol. The Labute approximate surface area is 197 Å². The largest absolute Gasteiger partial charge is 0.480 e. The molecule has 0 saturated heterocycles. The smallest absolute Gasteiger partial charge is 0.363 e. The van der Waals surface area contributed by atoms with Crippen LogP contribution in [0.3, 0.4) is 0 Å². The van der Waals surface area contributed by atoms with Crippen LogP contribution in [0.5, 0.6) is 5.75 Å². The molecule has 0 atom stereocenters. The van der Waals surface area contributed by atoms with E-state index in [0.717, 1.165) is 5.56 Å². The highest BCUT2D eigenvalue weighted by atomic mass is 79.9. The Bertz CT molecular complexity index is 1040. The van der Waals surface area contributed by atoms with Gasteiger partial charge in [-0.05, 0) is 86.2 Å². The fraction of sp³-hybridized carbons (Fsp3) is 0.261. The van der Waals surface area contributed by atoms with Gasteiger partial charge in [-0.2, -0.15) is 0 Å². The number of benzene rings is 2. The zero-order valence-electron chi connectivity index (χ0n) is 17.3. The quantitative estimate of drug-likeness (QED) is 0.330. The second-order valence-corrected chi connectivity index (χ2v) is 8.73. The highest BCUT2D eigenvalue weighted by Gasteiger charge is 2.24. The molecule has 0 amide bonds. The van der Waals surface area contributed by atoms with Gasteiger partial charge in [0.2, 0.25) is 5.90 Å². The predicted octanol–water partition coefficient (Wildman–Crippen LogP) is 5.62. The summed E-state index contributed by atoms with van der Waals surface area (Å²) in [6.07, 6.45) is 1.63. The van der Waals surface area contributed by atoms with E-state index in [1.807, 2.05) is 24.3 Å². The van der Waals surface area contributed by atoms with Crippen molar-refractivity contribution >= 4 is 55.8 Å². The van der Waals surface area contributed by atoms with Crippen molar-refractivity contribution in [3.05, 3.63) is 67.7 Å². The zero-order chi connectivity index (χ0) is 22.5.